The number of rotatable bonds is 3. The lowest BCUT2D eigenvalue weighted by atomic mass is 10.1. The number of thiazole rings is 1. The van der Waals surface area contributed by atoms with Crippen LogP contribution in [0.25, 0.3) is 10.6 Å². The van der Waals surface area contributed by atoms with Gasteiger partial charge in [-0.15, -0.1) is 22.7 Å². The molecule has 0 saturated carbocycles. The Balaban J connectivity index is 1.82. The fraction of sp³-hybridized carbons (Fsp3) is 0.133. The molecule has 2 aromatic heterocycles. The summed E-state index contributed by atoms with van der Waals surface area (Å²) in [5.74, 6) is 0. The van der Waals surface area contributed by atoms with Crippen LogP contribution in [-0.4, -0.2) is 4.98 Å². The summed E-state index contributed by atoms with van der Waals surface area (Å²) in [6, 6.07) is 10.1. The molecule has 0 unspecified atom stereocenters. The lowest BCUT2D eigenvalue weighted by Gasteiger charge is -1.98. The van der Waals surface area contributed by atoms with Gasteiger partial charge >= 0.3 is 0 Å². The first-order valence-electron chi connectivity index (χ1n) is 6.05. The van der Waals surface area contributed by atoms with E-state index in [1.165, 1.54) is 16.0 Å². The first-order chi connectivity index (χ1) is 9.22. The fourth-order valence-corrected chi connectivity index (χ4v) is 3.72. The molecule has 0 radical (unpaired) electrons. The quantitative estimate of drug-likeness (QED) is 0.727. The molecule has 1 aromatic carbocycles. The number of hydrogen-bond acceptors (Lipinski definition) is 4. The molecular weight excluding hydrogens is 272 g/mol. The van der Waals surface area contributed by atoms with Crippen molar-refractivity contribution in [1.29, 1.82) is 0 Å². The normalized spacial score (nSPS) is 10.8. The molecule has 2 N–H and O–H groups in total. The molecule has 0 spiro atoms. The predicted octanol–water partition coefficient (Wildman–Crippen LogP) is 4.35. The van der Waals surface area contributed by atoms with Gasteiger partial charge in [-0.2, -0.15) is 0 Å². The van der Waals surface area contributed by atoms with Crippen molar-refractivity contribution < 1.29 is 0 Å². The number of hydrogen-bond donors (Lipinski definition) is 1. The Hall–Kier alpha value is -1.65. The van der Waals surface area contributed by atoms with Gasteiger partial charge in [0.15, 0.2) is 0 Å². The number of thiophene rings is 1. The number of nitrogen functional groups attached to an aromatic ring is 1. The van der Waals surface area contributed by atoms with E-state index in [9.17, 15) is 0 Å². The van der Waals surface area contributed by atoms with E-state index in [1.54, 1.807) is 22.7 Å². The van der Waals surface area contributed by atoms with Crippen LogP contribution in [0.3, 0.4) is 0 Å². The van der Waals surface area contributed by atoms with Crippen molar-refractivity contribution in [2.24, 2.45) is 0 Å². The van der Waals surface area contributed by atoms with Crippen LogP contribution in [0.2, 0.25) is 0 Å². The summed E-state index contributed by atoms with van der Waals surface area (Å²) in [7, 11) is 0. The van der Waals surface area contributed by atoms with Gasteiger partial charge in [-0.1, -0.05) is 12.1 Å². The molecule has 2 heterocycles. The number of aryl methyl sites for hydroxylation is 1. The Bertz CT molecular complexity index is 680. The molecule has 2 nitrogen and oxygen atoms in total. The van der Waals surface area contributed by atoms with Crippen molar-refractivity contribution in [3.8, 4) is 10.6 Å². The Kier molecular flexibility index (Phi) is 3.36. The van der Waals surface area contributed by atoms with Crippen molar-refractivity contribution in [3.05, 3.63) is 57.2 Å². The van der Waals surface area contributed by atoms with Gasteiger partial charge in [0.25, 0.3) is 0 Å². The second-order valence-electron chi connectivity index (χ2n) is 4.48. The monoisotopic (exact) mass is 286 g/mol. The zero-order valence-corrected chi connectivity index (χ0v) is 12.2. The second-order valence-corrected chi connectivity index (χ2v) is 6.34. The third-order valence-electron chi connectivity index (χ3n) is 2.98. The number of anilines is 1. The van der Waals surface area contributed by atoms with E-state index in [0.717, 1.165) is 22.8 Å². The van der Waals surface area contributed by atoms with Crippen LogP contribution in [0.1, 0.15) is 16.1 Å². The summed E-state index contributed by atoms with van der Waals surface area (Å²) in [4.78, 5) is 6.01. The summed E-state index contributed by atoms with van der Waals surface area (Å²) in [6.07, 6.45) is 0.870. The zero-order chi connectivity index (χ0) is 13.2. The highest BCUT2D eigenvalue weighted by Gasteiger charge is 2.08. The van der Waals surface area contributed by atoms with Crippen LogP contribution in [-0.2, 0) is 6.42 Å². The minimum atomic E-state index is 0.804. The Morgan fingerprint density at radius 1 is 1.11 bits per heavy atom. The maximum absolute atomic E-state index is 5.69. The van der Waals surface area contributed by atoms with Gasteiger partial charge in [-0.3, -0.25) is 0 Å². The van der Waals surface area contributed by atoms with Crippen LogP contribution < -0.4 is 5.73 Å². The van der Waals surface area contributed by atoms with Crippen molar-refractivity contribution in [2.75, 3.05) is 5.73 Å². The second kappa shape index (κ2) is 5.15. The Labute approximate surface area is 120 Å². The first-order valence-corrected chi connectivity index (χ1v) is 7.81. The Morgan fingerprint density at radius 3 is 2.58 bits per heavy atom. The van der Waals surface area contributed by atoms with E-state index >= 15 is 0 Å². The van der Waals surface area contributed by atoms with Gasteiger partial charge < -0.3 is 5.73 Å². The first kappa shape index (κ1) is 12.4. The van der Waals surface area contributed by atoms with Crippen molar-refractivity contribution in [1.82, 2.24) is 4.98 Å². The SMILES string of the molecule is Cc1ccsc1-c1csc(Cc2ccc(N)cc2)n1. The van der Waals surface area contributed by atoms with Gasteiger partial charge in [0.1, 0.15) is 0 Å². The number of benzene rings is 1. The zero-order valence-electron chi connectivity index (χ0n) is 10.6. The van der Waals surface area contributed by atoms with Crippen molar-refractivity contribution >= 4 is 28.4 Å². The molecule has 0 aliphatic heterocycles. The molecule has 4 heteroatoms. The van der Waals surface area contributed by atoms with Crippen LogP contribution in [0.5, 0.6) is 0 Å². The molecule has 3 aromatic rings. The molecule has 3 rings (SSSR count). The van der Waals surface area contributed by atoms with Crippen molar-refractivity contribution in [3.63, 3.8) is 0 Å². The van der Waals surface area contributed by atoms with E-state index in [-0.39, 0.29) is 0 Å². The van der Waals surface area contributed by atoms with Crippen LogP contribution >= 0.6 is 22.7 Å². The topological polar surface area (TPSA) is 38.9 Å². The molecular formula is C15H14N2S2. The third-order valence-corrected chi connectivity index (χ3v) is 4.87. The maximum atomic E-state index is 5.69. The molecule has 0 aliphatic rings. The van der Waals surface area contributed by atoms with Gasteiger partial charge in [-0.05, 0) is 41.6 Å². The standard InChI is InChI=1S/C15H14N2S2/c1-10-6-7-18-15(10)13-9-19-14(17-13)8-11-2-4-12(16)5-3-11/h2-7,9H,8,16H2,1H3. The average molecular weight is 286 g/mol. The average Bonchev–Trinajstić information content (AvgIpc) is 3.01. The third kappa shape index (κ3) is 2.69. The van der Waals surface area contributed by atoms with E-state index < -0.39 is 0 Å². The minimum absolute atomic E-state index is 0.804. The van der Waals surface area contributed by atoms with Crippen molar-refractivity contribution in [2.45, 2.75) is 13.3 Å². The summed E-state index contributed by atoms with van der Waals surface area (Å²) in [6.45, 7) is 2.13. The van der Waals surface area contributed by atoms with Crippen LogP contribution in [0, 0.1) is 6.92 Å². The number of nitrogens with two attached hydrogens (primary N) is 1. The largest absolute Gasteiger partial charge is 0.399 e. The predicted molar refractivity (Wildman–Crippen MR) is 83.8 cm³/mol. The van der Waals surface area contributed by atoms with E-state index in [1.807, 2.05) is 12.1 Å². The van der Waals surface area contributed by atoms with E-state index in [0.29, 0.717) is 0 Å². The van der Waals surface area contributed by atoms with Crippen LogP contribution in [0.4, 0.5) is 5.69 Å². The molecule has 0 atom stereocenters. The van der Waals surface area contributed by atoms with Gasteiger partial charge in [0, 0.05) is 17.5 Å². The maximum Gasteiger partial charge on any atom is 0.0976 e. The van der Waals surface area contributed by atoms with Crippen LogP contribution in [0.15, 0.2) is 41.1 Å². The summed E-state index contributed by atoms with van der Waals surface area (Å²) in [5.41, 5.74) is 10.1. The molecule has 96 valence electrons. The lowest BCUT2D eigenvalue weighted by Crippen LogP contribution is -1.89. The van der Waals surface area contributed by atoms with Gasteiger partial charge in [0.2, 0.25) is 0 Å². The molecule has 0 aliphatic carbocycles. The molecule has 19 heavy (non-hydrogen) atoms. The summed E-state index contributed by atoms with van der Waals surface area (Å²) in [5, 5.41) is 5.40. The summed E-state index contributed by atoms with van der Waals surface area (Å²) >= 11 is 3.47. The van der Waals surface area contributed by atoms with E-state index in [2.05, 4.69) is 35.9 Å². The molecule has 0 bridgehead atoms. The van der Waals surface area contributed by atoms with Gasteiger partial charge in [0.05, 0.1) is 15.6 Å². The molecule has 0 saturated heterocycles. The highest BCUT2D eigenvalue weighted by Crippen LogP contribution is 2.30. The smallest absolute Gasteiger partial charge is 0.0976 e. The summed E-state index contributed by atoms with van der Waals surface area (Å²) < 4.78 is 0. The molecule has 0 fully saturated rings. The highest BCUT2D eigenvalue weighted by atomic mass is 32.1. The lowest BCUT2D eigenvalue weighted by molar-refractivity contribution is 1.14. The Morgan fingerprint density at radius 2 is 1.89 bits per heavy atom. The number of aromatic nitrogens is 1. The van der Waals surface area contributed by atoms with Gasteiger partial charge in [-0.25, -0.2) is 4.98 Å². The highest BCUT2D eigenvalue weighted by molar-refractivity contribution is 7.14. The van der Waals surface area contributed by atoms with E-state index in [4.69, 9.17) is 10.7 Å². The minimum Gasteiger partial charge on any atom is -0.399 e. The fourth-order valence-electron chi connectivity index (χ4n) is 1.94. The molecule has 0 amide bonds. The number of nitrogens with zero attached hydrogens (tertiary/aromatic N) is 1.